The van der Waals surface area contributed by atoms with Crippen molar-refractivity contribution in [1.82, 2.24) is 5.43 Å². The van der Waals surface area contributed by atoms with Crippen LogP contribution < -0.4 is 10.7 Å². The Kier molecular flexibility index (Phi) is 5.05. The Labute approximate surface area is 132 Å². The Balaban J connectivity index is 1.87. The third-order valence-electron chi connectivity index (χ3n) is 2.66. The van der Waals surface area contributed by atoms with Gasteiger partial charge in [0, 0.05) is 5.69 Å². The van der Waals surface area contributed by atoms with Crippen LogP contribution in [0, 0.1) is 0 Å². The smallest absolute Gasteiger partial charge is 0.335 e. The number of rotatable bonds is 4. The monoisotopic (exact) mass is 315 g/mol. The zero-order valence-corrected chi connectivity index (χ0v) is 12.2. The minimum atomic E-state index is -0.981. The fraction of sp³-hybridized carbons (Fsp3) is 0. The summed E-state index contributed by atoms with van der Waals surface area (Å²) in [4.78, 5) is 10.7. The second-order valence-corrected chi connectivity index (χ2v) is 4.71. The summed E-state index contributed by atoms with van der Waals surface area (Å²) in [6.07, 6.45) is 1.56. The lowest BCUT2D eigenvalue weighted by atomic mass is 10.2. The maximum atomic E-state index is 10.7. The third-order valence-corrected chi connectivity index (χ3v) is 2.86. The molecule has 0 heterocycles. The van der Waals surface area contributed by atoms with Crippen molar-refractivity contribution in [2.24, 2.45) is 5.10 Å². The second-order valence-electron chi connectivity index (χ2n) is 4.30. The average molecular weight is 315 g/mol. The minimum Gasteiger partial charge on any atom is -0.508 e. The summed E-state index contributed by atoms with van der Waals surface area (Å²) in [6.45, 7) is 0. The van der Waals surface area contributed by atoms with Crippen LogP contribution in [0.4, 0.5) is 5.69 Å². The molecule has 0 spiro atoms. The van der Waals surface area contributed by atoms with Gasteiger partial charge < -0.3 is 15.5 Å². The molecule has 0 aliphatic carbocycles. The second kappa shape index (κ2) is 7.19. The Morgan fingerprint density at radius 2 is 1.73 bits per heavy atom. The Morgan fingerprint density at radius 3 is 2.32 bits per heavy atom. The van der Waals surface area contributed by atoms with Crippen molar-refractivity contribution >= 4 is 35.2 Å². The van der Waals surface area contributed by atoms with Gasteiger partial charge in [0.2, 0.25) is 0 Å². The molecule has 0 bridgehead atoms. The van der Waals surface area contributed by atoms with Crippen molar-refractivity contribution in [3.63, 3.8) is 0 Å². The number of thiocarbonyl (C=S) groups is 1. The predicted octanol–water partition coefficient (Wildman–Crippen LogP) is 2.41. The molecule has 0 unspecified atom stereocenters. The van der Waals surface area contributed by atoms with E-state index in [0.717, 1.165) is 5.56 Å². The van der Waals surface area contributed by atoms with Crippen molar-refractivity contribution in [2.75, 3.05) is 5.32 Å². The molecule has 0 aliphatic heterocycles. The van der Waals surface area contributed by atoms with Gasteiger partial charge in [-0.1, -0.05) is 0 Å². The van der Waals surface area contributed by atoms with E-state index >= 15 is 0 Å². The number of phenolic OH excluding ortho intramolecular Hbond substituents is 1. The van der Waals surface area contributed by atoms with E-state index in [9.17, 15) is 4.79 Å². The van der Waals surface area contributed by atoms with Gasteiger partial charge in [0.15, 0.2) is 5.11 Å². The van der Waals surface area contributed by atoms with Crippen molar-refractivity contribution in [2.45, 2.75) is 0 Å². The maximum absolute atomic E-state index is 10.7. The molecule has 22 heavy (non-hydrogen) atoms. The van der Waals surface area contributed by atoms with E-state index in [0.29, 0.717) is 5.69 Å². The Hall–Kier alpha value is -2.93. The molecule has 0 radical (unpaired) electrons. The van der Waals surface area contributed by atoms with Gasteiger partial charge in [-0.3, -0.25) is 5.43 Å². The average Bonchev–Trinajstić information content (AvgIpc) is 2.50. The van der Waals surface area contributed by atoms with Crippen LogP contribution in [-0.2, 0) is 0 Å². The number of phenols is 1. The van der Waals surface area contributed by atoms with Gasteiger partial charge >= 0.3 is 5.97 Å². The first-order valence-corrected chi connectivity index (χ1v) is 6.68. The van der Waals surface area contributed by atoms with E-state index in [1.807, 2.05) is 0 Å². The first-order valence-electron chi connectivity index (χ1n) is 6.27. The number of anilines is 1. The molecule has 2 aromatic rings. The normalized spacial score (nSPS) is 10.4. The zero-order valence-electron chi connectivity index (χ0n) is 11.4. The van der Waals surface area contributed by atoms with E-state index in [-0.39, 0.29) is 16.4 Å². The number of carbonyl (C=O) groups is 1. The van der Waals surface area contributed by atoms with E-state index in [4.69, 9.17) is 22.4 Å². The largest absolute Gasteiger partial charge is 0.508 e. The van der Waals surface area contributed by atoms with Crippen LogP contribution in [0.1, 0.15) is 15.9 Å². The number of aromatic carboxylic acids is 1. The summed E-state index contributed by atoms with van der Waals surface area (Å²) < 4.78 is 0. The number of aromatic hydroxyl groups is 1. The summed E-state index contributed by atoms with van der Waals surface area (Å²) in [6, 6.07) is 12.7. The highest BCUT2D eigenvalue weighted by Crippen LogP contribution is 2.09. The fourth-order valence-electron chi connectivity index (χ4n) is 1.58. The van der Waals surface area contributed by atoms with Gasteiger partial charge in [0.1, 0.15) is 5.75 Å². The van der Waals surface area contributed by atoms with Gasteiger partial charge in [-0.25, -0.2) is 4.79 Å². The molecule has 2 aromatic carbocycles. The number of carboxylic acids is 1. The standard InChI is InChI=1S/C15H13N3O3S/c19-13-7-1-10(2-8-13)9-16-18-15(22)17-12-5-3-11(4-6-12)14(20)21/h1-9,19H,(H,20,21)(H2,17,18,22)/b16-9+. The molecule has 0 atom stereocenters. The molecule has 7 heteroatoms. The zero-order chi connectivity index (χ0) is 15.9. The van der Waals surface area contributed by atoms with Crippen molar-refractivity contribution in [3.05, 3.63) is 59.7 Å². The fourth-order valence-corrected chi connectivity index (χ4v) is 1.75. The van der Waals surface area contributed by atoms with Crippen molar-refractivity contribution in [3.8, 4) is 5.75 Å². The van der Waals surface area contributed by atoms with Crippen LogP contribution in [0.5, 0.6) is 5.75 Å². The van der Waals surface area contributed by atoms with Gasteiger partial charge in [-0.05, 0) is 66.3 Å². The number of carboxylic acid groups (broad SMARTS) is 1. The summed E-state index contributed by atoms with van der Waals surface area (Å²) in [5, 5.41) is 25.1. The number of hydrazone groups is 1. The first kappa shape index (κ1) is 15.5. The molecule has 0 fully saturated rings. The van der Waals surface area contributed by atoms with Crippen LogP contribution in [0.25, 0.3) is 0 Å². The molecule has 0 aromatic heterocycles. The van der Waals surface area contributed by atoms with Crippen LogP contribution in [0.3, 0.4) is 0 Å². The highest BCUT2D eigenvalue weighted by Gasteiger charge is 2.02. The van der Waals surface area contributed by atoms with E-state index in [1.54, 1.807) is 42.6 Å². The summed E-state index contributed by atoms with van der Waals surface area (Å²) in [7, 11) is 0. The predicted molar refractivity (Wildman–Crippen MR) is 88.5 cm³/mol. The van der Waals surface area contributed by atoms with Gasteiger partial charge in [-0.2, -0.15) is 5.10 Å². The first-order chi connectivity index (χ1) is 10.5. The minimum absolute atomic E-state index is 0.187. The van der Waals surface area contributed by atoms with Gasteiger partial charge in [-0.15, -0.1) is 0 Å². The molecule has 0 saturated heterocycles. The van der Waals surface area contributed by atoms with Crippen molar-refractivity contribution < 1.29 is 15.0 Å². The highest BCUT2D eigenvalue weighted by atomic mass is 32.1. The van der Waals surface area contributed by atoms with Gasteiger partial charge in [0.05, 0.1) is 11.8 Å². The van der Waals surface area contributed by atoms with Crippen LogP contribution in [0.15, 0.2) is 53.6 Å². The number of hydrogen-bond acceptors (Lipinski definition) is 4. The molecular formula is C15H13N3O3S. The topological polar surface area (TPSA) is 94.0 Å². The summed E-state index contributed by atoms with van der Waals surface area (Å²) in [5.74, 6) is -0.794. The summed E-state index contributed by atoms with van der Waals surface area (Å²) >= 11 is 5.06. The van der Waals surface area contributed by atoms with E-state index < -0.39 is 5.97 Å². The highest BCUT2D eigenvalue weighted by molar-refractivity contribution is 7.80. The van der Waals surface area contributed by atoms with Crippen LogP contribution in [0.2, 0.25) is 0 Å². The molecule has 0 amide bonds. The molecule has 112 valence electrons. The number of nitrogens with zero attached hydrogens (tertiary/aromatic N) is 1. The molecule has 6 nitrogen and oxygen atoms in total. The SMILES string of the molecule is O=C(O)c1ccc(NC(=S)N/N=C/c2ccc(O)cc2)cc1. The Bertz CT molecular complexity index is 697. The lowest BCUT2D eigenvalue weighted by molar-refractivity contribution is 0.0697. The van der Waals surface area contributed by atoms with Crippen molar-refractivity contribution in [1.29, 1.82) is 0 Å². The molecule has 0 saturated carbocycles. The van der Waals surface area contributed by atoms with E-state index in [2.05, 4.69) is 15.8 Å². The number of nitrogens with one attached hydrogen (secondary N) is 2. The van der Waals surface area contributed by atoms with E-state index in [1.165, 1.54) is 12.1 Å². The quantitative estimate of drug-likeness (QED) is 0.393. The lowest BCUT2D eigenvalue weighted by Crippen LogP contribution is -2.23. The van der Waals surface area contributed by atoms with Crippen LogP contribution in [-0.4, -0.2) is 27.5 Å². The van der Waals surface area contributed by atoms with Crippen LogP contribution >= 0.6 is 12.2 Å². The molecule has 0 aliphatic rings. The molecule has 4 N–H and O–H groups in total. The number of benzene rings is 2. The summed E-state index contributed by atoms with van der Waals surface area (Å²) in [5.41, 5.74) is 4.31. The maximum Gasteiger partial charge on any atom is 0.335 e. The molecule has 2 rings (SSSR count). The Morgan fingerprint density at radius 1 is 1.09 bits per heavy atom. The number of hydrogen-bond donors (Lipinski definition) is 4. The third kappa shape index (κ3) is 4.57. The van der Waals surface area contributed by atoms with Gasteiger partial charge in [0.25, 0.3) is 0 Å². The molecular weight excluding hydrogens is 302 g/mol. The lowest BCUT2D eigenvalue weighted by Gasteiger charge is -2.07.